The van der Waals surface area contributed by atoms with E-state index < -0.39 is 25.9 Å². The molecule has 1 aliphatic heterocycles. The molecule has 1 saturated heterocycles. The number of nitrogens with zero attached hydrogens (tertiary/aromatic N) is 2. The van der Waals surface area contributed by atoms with Gasteiger partial charge in [0, 0.05) is 38.1 Å². The topological polar surface area (TPSA) is 88.5 Å². The van der Waals surface area contributed by atoms with Crippen LogP contribution in [0.5, 0.6) is 0 Å². The quantitative estimate of drug-likeness (QED) is 0.805. The second-order valence-corrected chi connectivity index (χ2v) is 9.51. The average Bonchev–Trinajstić information content (AvgIpc) is 2.70. The van der Waals surface area contributed by atoms with Crippen LogP contribution in [0.1, 0.15) is 12.6 Å². The molecule has 1 aliphatic rings. The lowest BCUT2D eigenvalue weighted by Crippen LogP contribution is -2.49. The summed E-state index contributed by atoms with van der Waals surface area (Å²) in [5.41, 5.74) is 0.855. The molecule has 0 saturated carbocycles. The average molecular weight is 335 g/mol. The van der Waals surface area contributed by atoms with E-state index in [1.54, 1.807) is 37.8 Å². The zero-order chi connectivity index (χ0) is 15.8. The zero-order valence-corrected chi connectivity index (χ0v) is 14.0. The van der Waals surface area contributed by atoms with Gasteiger partial charge in [0.05, 0.1) is 11.5 Å². The van der Waals surface area contributed by atoms with Crippen LogP contribution in [0.3, 0.4) is 0 Å². The molecule has 7 nitrogen and oxygen atoms in total. The summed E-state index contributed by atoms with van der Waals surface area (Å²) >= 11 is 0. The molecular weight excluding hydrogens is 314 g/mol. The lowest BCUT2D eigenvalue weighted by atomic mass is 10.4. The van der Waals surface area contributed by atoms with Crippen LogP contribution in [0.25, 0.3) is 0 Å². The molecule has 0 radical (unpaired) electrons. The van der Waals surface area contributed by atoms with E-state index in [4.69, 9.17) is 0 Å². The highest BCUT2D eigenvalue weighted by molar-refractivity contribution is 7.92. The molecule has 2 heterocycles. The van der Waals surface area contributed by atoms with E-state index in [0.29, 0.717) is 6.54 Å². The third-order valence-electron chi connectivity index (χ3n) is 3.66. The van der Waals surface area contributed by atoms with Gasteiger partial charge in [-0.1, -0.05) is 0 Å². The lowest BCUT2D eigenvalue weighted by Gasteiger charge is -2.31. The molecular formula is C12H21N3O4S2. The number of hydrogen-bond donors (Lipinski definition) is 1. The van der Waals surface area contributed by atoms with Crippen LogP contribution in [-0.2, 0) is 33.5 Å². The minimum atomic E-state index is -3.66. The molecule has 1 fully saturated rings. The van der Waals surface area contributed by atoms with Crippen molar-refractivity contribution in [1.82, 2.24) is 14.2 Å². The van der Waals surface area contributed by atoms with Gasteiger partial charge in [-0.3, -0.25) is 0 Å². The highest BCUT2D eigenvalue weighted by atomic mass is 32.2. The first-order valence-electron chi connectivity index (χ1n) is 6.69. The Hall–Kier alpha value is -0.900. The Morgan fingerprint density at radius 3 is 2.67 bits per heavy atom. The van der Waals surface area contributed by atoms with Crippen molar-refractivity contribution in [3.63, 3.8) is 0 Å². The largest absolute Gasteiger partial charge is 0.352 e. The van der Waals surface area contributed by atoms with Crippen LogP contribution in [-0.4, -0.2) is 56.8 Å². The summed E-state index contributed by atoms with van der Waals surface area (Å²) in [5, 5.41) is 2.98. The number of rotatable bonds is 4. The maximum absolute atomic E-state index is 12.7. The number of aromatic nitrogens is 1. The molecule has 21 heavy (non-hydrogen) atoms. The van der Waals surface area contributed by atoms with Crippen molar-refractivity contribution in [3.05, 3.63) is 18.0 Å². The van der Waals surface area contributed by atoms with Gasteiger partial charge in [-0.2, -0.15) is 4.31 Å². The predicted molar refractivity (Wildman–Crippen MR) is 80.2 cm³/mol. The maximum atomic E-state index is 12.7. The highest BCUT2D eigenvalue weighted by Crippen LogP contribution is 2.23. The summed E-state index contributed by atoms with van der Waals surface area (Å²) in [7, 11) is -3.22. The van der Waals surface area contributed by atoms with Gasteiger partial charge < -0.3 is 9.88 Å². The molecule has 1 aromatic rings. The number of hydrogen-bond acceptors (Lipinski definition) is 5. The second kappa shape index (κ2) is 5.71. The van der Waals surface area contributed by atoms with Crippen molar-refractivity contribution in [3.8, 4) is 0 Å². The third-order valence-corrected chi connectivity index (χ3v) is 7.43. The lowest BCUT2D eigenvalue weighted by molar-refractivity contribution is 0.357. The number of sulfone groups is 1. The number of nitrogens with one attached hydrogen (secondary N) is 1. The number of aryl methyl sites for hydroxylation is 1. The van der Waals surface area contributed by atoms with Crippen LogP contribution in [0.2, 0.25) is 0 Å². The first-order valence-corrected chi connectivity index (χ1v) is 9.95. The van der Waals surface area contributed by atoms with E-state index in [9.17, 15) is 16.8 Å². The second-order valence-electron chi connectivity index (χ2n) is 5.39. The zero-order valence-electron chi connectivity index (χ0n) is 12.4. The van der Waals surface area contributed by atoms with Gasteiger partial charge >= 0.3 is 0 Å². The Bertz CT molecular complexity index is 722. The molecule has 0 bridgehead atoms. The molecule has 0 aromatic carbocycles. The van der Waals surface area contributed by atoms with E-state index in [0.717, 1.165) is 5.69 Å². The standard InChI is InChI=1S/C12H21N3O4S2/c1-10-9-20(16,17)5-4-15(10)21(18,19)12-6-11(7-13-2)14(3)8-12/h6,8,10,13H,4-5,7,9H2,1-3H3. The number of sulfonamides is 1. The van der Waals surface area contributed by atoms with E-state index >= 15 is 0 Å². The van der Waals surface area contributed by atoms with Gasteiger partial charge in [0.1, 0.15) is 4.90 Å². The smallest absolute Gasteiger partial charge is 0.244 e. The monoisotopic (exact) mass is 335 g/mol. The summed E-state index contributed by atoms with van der Waals surface area (Å²) < 4.78 is 51.6. The molecule has 0 spiro atoms. The van der Waals surface area contributed by atoms with Crippen LogP contribution in [0.15, 0.2) is 17.2 Å². The van der Waals surface area contributed by atoms with Crippen molar-refractivity contribution in [2.75, 3.05) is 25.1 Å². The SMILES string of the molecule is CNCc1cc(S(=O)(=O)N2CCS(=O)(=O)CC2C)cn1C. The van der Waals surface area contributed by atoms with Crippen LogP contribution >= 0.6 is 0 Å². The highest BCUT2D eigenvalue weighted by Gasteiger charge is 2.37. The molecule has 120 valence electrons. The van der Waals surface area contributed by atoms with Gasteiger partial charge in [0.15, 0.2) is 9.84 Å². The fraction of sp³-hybridized carbons (Fsp3) is 0.667. The van der Waals surface area contributed by atoms with E-state index in [2.05, 4.69) is 5.32 Å². The molecule has 2 rings (SSSR count). The van der Waals surface area contributed by atoms with Crippen molar-refractivity contribution in [2.45, 2.75) is 24.4 Å². The summed E-state index contributed by atoms with van der Waals surface area (Å²) in [5.74, 6) is -0.241. The summed E-state index contributed by atoms with van der Waals surface area (Å²) in [6.45, 7) is 2.21. The van der Waals surface area contributed by atoms with Crippen molar-refractivity contribution in [2.24, 2.45) is 7.05 Å². The third kappa shape index (κ3) is 3.31. The Balaban J connectivity index is 2.32. The Labute approximate surface area is 125 Å². The van der Waals surface area contributed by atoms with E-state index in [1.165, 1.54) is 4.31 Å². The molecule has 1 atom stereocenters. The summed E-state index contributed by atoms with van der Waals surface area (Å²) in [6, 6.07) is 1.09. The van der Waals surface area contributed by atoms with Crippen LogP contribution < -0.4 is 5.32 Å². The van der Waals surface area contributed by atoms with E-state index in [-0.39, 0.29) is 22.9 Å². The van der Waals surface area contributed by atoms with Crippen molar-refractivity contribution >= 4 is 19.9 Å². The molecule has 0 amide bonds. The maximum Gasteiger partial charge on any atom is 0.244 e. The van der Waals surface area contributed by atoms with Gasteiger partial charge in [0.2, 0.25) is 10.0 Å². The summed E-state index contributed by atoms with van der Waals surface area (Å²) in [6.07, 6.45) is 1.57. The predicted octanol–water partition coefficient (Wildman–Crippen LogP) is -0.448. The summed E-state index contributed by atoms with van der Waals surface area (Å²) in [4.78, 5) is 0.210. The first-order chi connectivity index (χ1) is 9.67. The van der Waals surface area contributed by atoms with E-state index in [1.807, 2.05) is 0 Å². The fourth-order valence-corrected chi connectivity index (χ4v) is 6.04. The first kappa shape index (κ1) is 16.5. The Morgan fingerprint density at radius 1 is 1.43 bits per heavy atom. The van der Waals surface area contributed by atoms with Crippen molar-refractivity contribution < 1.29 is 16.8 Å². The Kier molecular flexibility index (Phi) is 4.48. The molecule has 1 N–H and O–H groups in total. The Morgan fingerprint density at radius 2 is 2.10 bits per heavy atom. The van der Waals surface area contributed by atoms with Crippen molar-refractivity contribution in [1.29, 1.82) is 0 Å². The van der Waals surface area contributed by atoms with Crippen LogP contribution in [0.4, 0.5) is 0 Å². The van der Waals surface area contributed by atoms with Gasteiger partial charge in [-0.05, 0) is 20.0 Å². The van der Waals surface area contributed by atoms with Crippen LogP contribution in [0, 0.1) is 0 Å². The minimum Gasteiger partial charge on any atom is -0.352 e. The van der Waals surface area contributed by atoms with Gasteiger partial charge in [0.25, 0.3) is 0 Å². The minimum absolute atomic E-state index is 0.0160. The van der Waals surface area contributed by atoms with Gasteiger partial charge in [-0.25, -0.2) is 16.8 Å². The molecule has 0 aliphatic carbocycles. The molecule has 9 heteroatoms. The fourth-order valence-electron chi connectivity index (χ4n) is 2.55. The van der Waals surface area contributed by atoms with Gasteiger partial charge in [-0.15, -0.1) is 0 Å². The normalized spacial score (nSPS) is 23.3. The molecule has 1 unspecified atom stereocenters. The molecule has 1 aromatic heterocycles.